The van der Waals surface area contributed by atoms with E-state index in [-0.39, 0.29) is 17.0 Å². The zero-order valence-corrected chi connectivity index (χ0v) is 8.94. The molecule has 0 fully saturated rings. The molecule has 0 atom stereocenters. The molecule has 0 aliphatic heterocycles. The number of carboxylic acids is 2. The summed E-state index contributed by atoms with van der Waals surface area (Å²) in [7, 11) is 0. The minimum Gasteiger partial charge on any atom is -0.481 e. The summed E-state index contributed by atoms with van der Waals surface area (Å²) in [6, 6.07) is 4.64. The Morgan fingerprint density at radius 3 is 2.56 bits per heavy atom. The van der Waals surface area contributed by atoms with Gasteiger partial charge in [0.05, 0.1) is 17.0 Å². The fourth-order valence-electron chi connectivity index (χ4n) is 1.19. The second kappa shape index (κ2) is 5.32. The van der Waals surface area contributed by atoms with Crippen LogP contribution in [0.2, 0.25) is 5.02 Å². The van der Waals surface area contributed by atoms with Crippen LogP contribution in [0.1, 0.15) is 22.3 Å². The molecule has 0 saturated carbocycles. The fraction of sp³-hybridized carbons (Fsp3) is 0.0909. The van der Waals surface area contributed by atoms with Gasteiger partial charge < -0.3 is 10.2 Å². The van der Waals surface area contributed by atoms with Crippen molar-refractivity contribution < 1.29 is 19.8 Å². The highest BCUT2D eigenvalue weighted by molar-refractivity contribution is 6.33. The van der Waals surface area contributed by atoms with E-state index in [1.54, 1.807) is 12.1 Å². The first-order valence-corrected chi connectivity index (χ1v) is 4.80. The SMILES string of the molecule is O=C(O)CC=Cc1cccc(Cl)c1C(=O)O. The molecule has 2 N–H and O–H groups in total. The van der Waals surface area contributed by atoms with Crippen LogP contribution in [-0.2, 0) is 4.79 Å². The summed E-state index contributed by atoms with van der Waals surface area (Å²) in [5.41, 5.74) is 0.368. The number of hydrogen-bond acceptors (Lipinski definition) is 2. The van der Waals surface area contributed by atoms with Crippen molar-refractivity contribution in [1.29, 1.82) is 0 Å². The van der Waals surface area contributed by atoms with E-state index in [0.717, 1.165) is 0 Å². The quantitative estimate of drug-likeness (QED) is 0.848. The molecular weight excluding hydrogens is 232 g/mol. The van der Waals surface area contributed by atoms with Crippen LogP contribution in [0, 0.1) is 0 Å². The van der Waals surface area contributed by atoms with Gasteiger partial charge in [-0.15, -0.1) is 0 Å². The van der Waals surface area contributed by atoms with E-state index in [1.807, 2.05) is 0 Å². The normalized spacial score (nSPS) is 10.6. The zero-order chi connectivity index (χ0) is 12.1. The molecule has 1 rings (SSSR count). The predicted molar refractivity (Wildman–Crippen MR) is 59.7 cm³/mol. The lowest BCUT2D eigenvalue weighted by Gasteiger charge is -2.02. The lowest BCUT2D eigenvalue weighted by molar-refractivity contribution is -0.135. The molecular formula is C11H9ClO4. The van der Waals surface area contributed by atoms with E-state index in [9.17, 15) is 9.59 Å². The molecule has 1 aromatic carbocycles. The van der Waals surface area contributed by atoms with Gasteiger partial charge in [0.1, 0.15) is 0 Å². The van der Waals surface area contributed by atoms with Gasteiger partial charge in [0.2, 0.25) is 0 Å². The van der Waals surface area contributed by atoms with E-state index in [2.05, 4.69) is 0 Å². The van der Waals surface area contributed by atoms with Gasteiger partial charge >= 0.3 is 11.9 Å². The summed E-state index contributed by atoms with van der Waals surface area (Å²) in [6.45, 7) is 0. The van der Waals surface area contributed by atoms with E-state index >= 15 is 0 Å². The van der Waals surface area contributed by atoms with Crippen molar-refractivity contribution in [2.24, 2.45) is 0 Å². The predicted octanol–water partition coefficient (Wildman–Crippen LogP) is 2.53. The highest BCUT2D eigenvalue weighted by Crippen LogP contribution is 2.21. The maximum atomic E-state index is 10.9. The van der Waals surface area contributed by atoms with Gasteiger partial charge in [-0.25, -0.2) is 4.79 Å². The minimum atomic E-state index is -1.14. The Morgan fingerprint density at radius 1 is 1.31 bits per heavy atom. The number of aliphatic carboxylic acids is 1. The van der Waals surface area contributed by atoms with Crippen molar-refractivity contribution in [1.82, 2.24) is 0 Å². The van der Waals surface area contributed by atoms with Crippen molar-refractivity contribution in [2.45, 2.75) is 6.42 Å². The maximum absolute atomic E-state index is 10.9. The molecule has 0 unspecified atom stereocenters. The number of carbonyl (C=O) groups is 2. The Kier molecular flexibility index (Phi) is 4.08. The smallest absolute Gasteiger partial charge is 0.337 e. The van der Waals surface area contributed by atoms with E-state index in [1.165, 1.54) is 18.2 Å². The largest absolute Gasteiger partial charge is 0.481 e. The number of aromatic carboxylic acids is 1. The summed E-state index contributed by atoms with van der Waals surface area (Å²) in [4.78, 5) is 21.2. The average molecular weight is 241 g/mol. The molecule has 0 heterocycles. The number of rotatable bonds is 4. The standard InChI is InChI=1S/C11H9ClO4/c12-8-5-1-3-7(10(8)11(15)16)4-2-6-9(13)14/h1-5H,6H2,(H,13,14)(H,15,16). The molecule has 0 radical (unpaired) electrons. The van der Waals surface area contributed by atoms with Crippen LogP contribution in [0.3, 0.4) is 0 Å². The fourth-order valence-corrected chi connectivity index (χ4v) is 1.45. The molecule has 0 aliphatic carbocycles. The third kappa shape index (κ3) is 3.10. The van der Waals surface area contributed by atoms with Crippen molar-refractivity contribution in [3.63, 3.8) is 0 Å². The Morgan fingerprint density at radius 2 is 2.00 bits per heavy atom. The zero-order valence-electron chi connectivity index (χ0n) is 8.18. The van der Waals surface area contributed by atoms with Crippen LogP contribution in [0.25, 0.3) is 6.08 Å². The van der Waals surface area contributed by atoms with Crippen molar-refractivity contribution >= 4 is 29.6 Å². The molecule has 1 aromatic rings. The summed E-state index contributed by atoms with van der Waals surface area (Å²) in [6.07, 6.45) is 2.65. The maximum Gasteiger partial charge on any atom is 0.337 e. The van der Waals surface area contributed by atoms with Gasteiger partial charge in [-0.1, -0.05) is 35.9 Å². The van der Waals surface area contributed by atoms with Crippen LogP contribution in [0.4, 0.5) is 0 Å². The third-order valence-electron chi connectivity index (χ3n) is 1.85. The third-order valence-corrected chi connectivity index (χ3v) is 2.16. The monoisotopic (exact) mass is 240 g/mol. The highest BCUT2D eigenvalue weighted by Gasteiger charge is 2.11. The lowest BCUT2D eigenvalue weighted by atomic mass is 10.1. The first-order chi connectivity index (χ1) is 7.52. The van der Waals surface area contributed by atoms with Crippen LogP contribution in [-0.4, -0.2) is 22.2 Å². The first kappa shape index (κ1) is 12.3. The molecule has 0 bridgehead atoms. The average Bonchev–Trinajstić information content (AvgIpc) is 2.16. The van der Waals surface area contributed by atoms with E-state index < -0.39 is 11.9 Å². The van der Waals surface area contributed by atoms with Crippen molar-refractivity contribution in [3.8, 4) is 0 Å². The Labute approximate surface area is 96.8 Å². The molecule has 84 valence electrons. The summed E-state index contributed by atoms with van der Waals surface area (Å²) >= 11 is 5.73. The van der Waals surface area contributed by atoms with Gasteiger partial charge in [0.25, 0.3) is 0 Å². The minimum absolute atomic E-state index is 0.0224. The lowest BCUT2D eigenvalue weighted by Crippen LogP contribution is -2.00. The van der Waals surface area contributed by atoms with Gasteiger partial charge in [-0.2, -0.15) is 0 Å². The highest BCUT2D eigenvalue weighted by atomic mass is 35.5. The van der Waals surface area contributed by atoms with Crippen LogP contribution >= 0.6 is 11.6 Å². The Balaban J connectivity index is 3.04. The molecule has 0 saturated heterocycles. The molecule has 0 spiro atoms. The molecule has 4 nitrogen and oxygen atoms in total. The Bertz CT molecular complexity index is 451. The molecule has 5 heteroatoms. The number of carboxylic acid groups (broad SMARTS) is 2. The molecule has 16 heavy (non-hydrogen) atoms. The molecule has 0 aliphatic rings. The topological polar surface area (TPSA) is 74.6 Å². The second-order valence-corrected chi connectivity index (χ2v) is 3.42. The van der Waals surface area contributed by atoms with Crippen molar-refractivity contribution in [2.75, 3.05) is 0 Å². The summed E-state index contributed by atoms with van der Waals surface area (Å²) < 4.78 is 0. The van der Waals surface area contributed by atoms with Gasteiger partial charge in [-0.3, -0.25) is 4.79 Å². The molecule has 0 aromatic heterocycles. The Hall–Kier alpha value is -1.81. The second-order valence-electron chi connectivity index (χ2n) is 3.01. The van der Waals surface area contributed by atoms with Gasteiger partial charge in [0, 0.05) is 0 Å². The summed E-state index contributed by atoms with van der Waals surface area (Å²) in [5, 5.41) is 17.5. The first-order valence-electron chi connectivity index (χ1n) is 4.42. The van der Waals surface area contributed by atoms with Crippen LogP contribution in [0.5, 0.6) is 0 Å². The van der Waals surface area contributed by atoms with Crippen molar-refractivity contribution in [3.05, 3.63) is 40.4 Å². The van der Waals surface area contributed by atoms with Crippen LogP contribution in [0.15, 0.2) is 24.3 Å². The number of halogens is 1. The van der Waals surface area contributed by atoms with Gasteiger partial charge in [-0.05, 0) is 11.6 Å². The van der Waals surface area contributed by atoms with Gasteiger partial charge in [0.15, 0.2) is 0 Å². The van der Waals surface area contributed by atoms with E-state index in [4.69, 9.17) is 21.8 Å². The number of hydrogen-bond donors (Lipinski definition) is 2. The number of benzene rings is 1. The van der Waals surface area contributed by atoms with Crippen LogP contribution < -0.4 is 0 Å². The molecule has 0 amide bonds. The van der Waals surface area contributed by atoms with E-state index in [0.29, 0.717) is 5.56 Å². The summed E-state index contributed by atoms with van der Waals surface area (Å²) in [5.74, 6) is -2.12.